The molecular weight excluding hydrogens is 424 g/mol. The van der Waals surface area contributed by atoms with Gasteiger partial charge >= 0.3 is 0 Å². The molecule has 1 aliphatic heterocycles. The lowest BCUT2D eigenvalue weighted by Gasteiger charge is -2.28. The van der Waals surface area contributed by atoms with Gasteiger partial charge in [0.1, 0.15) is 5.75 Å². The summed E-state index contributed by atoms with van der Waals surface area (Å²) in [5.41, 5.74) is 3.22. The van der Waals surface area contributed by atoms with Gasteiger partial charge in [-0.15, -0.1) is 0 Å². The minimum absolute atomic E-state index is 0.458. The van der Waals surface area contributed by atoms with Crippen molar-refractivity contribution < 1.29 is 13.2 Å². The summed E-state index contributed by atoms with van der Waals surface area (Å²) in [4.78, 5) is 17.0. The van der Waals surface area contributed by atoms with E-state index in [1.54, 1.807) is 18.2 Å². The van der Waals surface area contributed by atoms with E-state index >= 15 is 0 Å². The summed E-state index contributed by atoms with van der Waals surface area (Å²) in [5.74, 6) is -1.20. The van der Waals surface area contributed by atoms with E-state index in [-0.39, 0.29) is 0 Å². The number of carbonyl (C=O) groups excluding carboxylic acids is 1. The first-order valence-corrected chi connectivity index (χ1v) is 13.0. The third kappa shape index (κ3) is 7.24. The molecule has 0 spiro atoms. The smallest absolute Gasteiger partial charge is 0.241 e. The van der Waals surface area contributed by atoms with E-state index in [9.17, 15) is 13.2 Å². The van der Waals surface area contributed by atoms with Gasteiger partial charge in [0.15, 0.2) is 0 Å². The molecule has 0 saturated carbocycles. The molecule has 7 nitrogen and oxygen atoms in total. The van der Waals surface area contributed by atoms with Crippen LogP contribution in [0.2, 0.25) is 0 Å². The molecule has 2 aromatic rings. The molecule has 1 heterocycles. The molecule has 32 heavy (non-hydrogen) atoms. The van der Waals surface area contributed by atoms with Crippen molar-refractivity contribution in [1.29, 1.82) is 0 Å². The summed E-state index contributed by atoms with van der Waals surface area (Å²) in [6.45, 7) is 8.93. The minimum Gasteiger partial charge on any atom is -0.372 e. The number of nitrogens with zero attached hydrogens (tertiary/aromatic N) is 2. The Labute approximate surface area is 191 Å². The number of piperidine rings is 1. The van der Waals surface area contributed by atoms with Crippen LogP contribution in [0.5, 0.6) is 0 Å². The summed E-state index contributed by atoms with van der Waals surface area (Å²) < 4.78 is 27.5. The number of anilines is 3. The van der Waals surface area contributed by atoms with Gasteiger partial charge in [-0.2, -0.15) is 0 Å². The molecule has 8 heteroatoms. The van der Waals surface area contributed by atoms with Crippen LogP contribution in [0.4, 0.5) is 17.1 Å². The maximum absolute atomic E-state index is 12.5. The average Bonchev–Trinajstić information content (AvgIpc) is 2.78. The molecule has 0 atom stereocenters. The molecule has 1 amide bonds. The fourth-order valence-electron chi connectivity index (χ4n) is 3.93. The van der Waals surface area contributed by atoms with E-state index < -0.39 is 21.7 Å². The van der Waals surface area contributed by atoms with E-state index in [4.69, 9.17) is 0 Å². The van der Waals surface area contributed by atoms with E-state index in [1.165, 1.54) is 19.3 Å². The fourth-order valence-corrected chi connectivity index (χ4v) is 4.92. The second-order valence-corrected chi connectivity index (χ2v) is 9.89. The number of rotatable bonds is 10. The number of benzene rings is 2. The Hall–Kier alpha value is -2.58. The van der Waals surface area contributed by atoms with Gasteiger partial charge in [-0.1, -0.05) is 26.0 Å². The van der Waals surface area contributed by atoms with Crippen molar-refractivity contribution in [2.45, 2.75) is 39.7 Å². The van der Waals surface area contributed by atoms with E-state index in [1.807, 2.05) is 30.3 Å². The topological polar surface area (TPSA) is 81.8 Å². The quantitative estimate of drug-likeness (QED) is 0.564. The Kier molecular flexibility index (Phi) is 8.53. The second kappa shape index (κ2) is 11.3. The number of amides is 1. The number of hydrogen-bond donors (Lipinski definition) is 2. The standard InChI is InChI=1S/C24H34N4O3S/c1-3-27(4-2)18-20-9-8-10-22(17-20)25-24(29)19-32(30,31)26-21-11-13-23(14-12-21)28-15-6-5-7-16-28/h8-14,17,26H,3-7,15-16,18-19H2,1-2H3,(H,25,29). The number of nitrogens with one attached hydrogen (secondary N) is 2. The van der Waals surface area contributed by atoms with E-state index in [0.29, 0.717) is 11.4 Å². The monoisotopic (exact) mass is 458 g/mol. The van der Waals surface area contributed by atoms with Crippen molar-refractivity contribution in [2.75, 3.05) is 46.9 Å². The van der Waals surface area contributed by atoms with Crippen LogP contribution in [0, 0.1) is 0 Å². The largest absolute Gasteiger partial charge is 0.372 e. The molecule has 0 bridgehead atoms. The van der Waals surface area contributed by atoms with Gasteiger partial charge in [-0.05, 0) is 74.3 Å². The third-order valence-corrected chi connectivity index (χ3v) is 6.88. The number of sulfonamides is 1. The summed E-state index contributed by atoms with van der Waals surface area (Å²) in [5, 5.41) is 2.70. The lowest BCUT2D eigenvalue weighted by molar-refractivity contribution is -0.113. The normalized spacial score (nSPS) is 14.4. The maximum atomic E-state index is 12.5. The minimum atomic E-state index is -3.81. The number of carbonyl (C=O) groups is 1. The fraction of sp³-hybridized carbons (Fsp3) is 0.458. The van der Waals surface area contributed by atoms with Crippen molar-refractivity contribution in [3.8, 4) is 0 Å². The molecule has 0 unspecified atom stereocenters. The van der Waals surface area contributed by atoms with Gasteiger partial charge in [0.05, 0.1) is 0 Å². The Morgan fingerprint density at radius 2 is 1.66 bits per heavy atom. The Morgan fingerprint density at radius 3 is 2.31 bits per heavy atom. The van der Waals surface area contributed by atoms with Crippen LogP contribution in [0.1, 0.15) is 38.7 Å². The lowest BCUT2D eigenvalue weighted by atomic mass is 10.1. The highest BCUT2D eigenvalue weighted by molar-refractivity contribution is 7.93. The zero-order valence-electron chi connectivity index (χ0n) is 19.0. The van der Waals surface area contributed by atoms with E-state index in [0.717, 1.165) is 44.0 Å². The van der Waals surface area contributed by atoms with Crippen LogP contribution >= 0.6 is 0 Å². The SMILES string of the molecule is CCN(CC)Cc1cccc(NC(=O)CS(=O)(=O)Nc2ccc(N3CCCCC3)cc2)c1. The van der Waals surface area contributed by atoms with Crippen LogP contribution in [-0.2, 0) is 21.4 Å². The molecule has 2 aromatic carbocycles. The van der Waals surface area contributed by atoms with Crippen molar-refractivity contribution in [3.05, 3.63) is 54.1 Å². The molecule has 1 aliphatic rings. The first-order valence-electron chi connectivity index (χ1n) is 11.3. The molecule has 0 aromatic heterocycles. The zero-order chi connectivity index (χ0) is 23.0. The zero-order valence-corrected chi connectivity index (χ0v) is 19.8. The van der Waals surface area contributed by atoms with Crippen molar-refractivity contribution >= 4 is 33.0 Å². The summed E-state index contributed by atoms with van der Waals surface area (Å²) >= 11 is 0. The van der Waals surface area contributed by atoms with Gasteiger partial charge < -0.3 is 10.2 Å². The molecule has 0 aliphatic carbocycles. The van der Waals surface area contributed by atoms with Gasteiger partial charge in [0, 0.05) is 36.7 Å². The van der Waals surface area contributed by atoms with Crippen LogP contribution in [0.25, 0.3) is 0 Å². The van der Waals surface area contributed by atoms with Gasteiger partial charge in [0.2, 0.25) is 15.9 Å². The highest BCUT2D eigenvalue weighted by Gasteiger charge is 2.18. The highest BCUT2D eigenvalue weighted by atomic mass is 32.2. The highest BCUT2D eigenvalue weighted by Crippen LogP contribution is 2.22. The summed E-state index contributed by atoms with van der Waals surface area (Å²) in [6, 6.07) is 14.9. The van der Waals surface area contributed by atoms with Gasteiger partial charge in [-0.3, -0.25) is 14.4 Å². The lowest BCUT2D eigenvalue weighted by Crippen LogP contribution is -2.29. The Morgan fingerprint density at radius 1 is 0.969 bits per heavy atom. The predicted molar refractivity (Wildman–Crippen MR) is 132 cm³/mol. The predicted octanol–water partition coefficient (Wildman–Crippen LogP) is 3.90. The van der Waals surface area contributed by atoms with Gasteiger partial charge in [0.25, 0.3) is 0 Å². The second-order valence-electron chi connectivity index (χ2n) is 8.17. The van der Waals surface area contributed by atoms with Crippen molar-refractivity contribution in [3.63, 3.8) is 0 Å². The van der Waals surface area contributed by atoms with Crippen molar-refractivity contribution in [1.82, 2.24) is 4.90 Å². The average molecular weight is 459 g/mol. The van der Waals surface area contributed by atoms with E-state index in [2.05, 4.69) is 33.7 Å². The molecule has 0 radical (unpaired) electrons. The molecule has 1 saturated heterocycles. The van der Waals surface area contributed by atoms with Crippen molar-refractivity contribution in [2.24, 2.45) is 0 Å². The van der Waals surface area contributed by atoms with Crippen LogP contribution in [-0.4, -0.2) is 51.2 Å². The molecule has 1 fully saturated rings. The molecule has 2 N–H and O–H groups in total. The summed E-state index contributed by atoms with van der Waals surface area (Å²) in [6.07, 6.45) is 3.63. The molecular formula is C24H34N4O3S. The number of hydrogen-bond acceptors (Lipinski definition) is 5. The summed E-state index contributed by atoms with van der Waals surface area (Å²) in [7, 11) is -3.81. The first kappa shape index (κ1) is 24.1. The van der Waals surface area contributed by atoms with Crippen LogP contribution in [0.3, 0.4) is 0 Å². The Balaban J connectivity index is 1.55. The first-order chi connectivity index (χ1) is 15.4. The third-order valence-electron chi connectivity index (χ3n) is 5.69. The van der Waals surface area contributed by atoms with Gasteiger partial charge in [-0.25, -0.2) is 8.42 Å². The molecule has 174 valence electrons. The Bertz CT molecular complexity index is 983. The maximum Gasteiger partial charge on any atom is 0.241 e. The van der Waals surface area contributed by atoms with Crippen LogP contribution < -0.4 is 14.9 Å². The van der Waals surface area contributed by atoms with Crippen LogP contribution in [0.15, 0.2) is 48.5 Å². The molecule has 3 rings (SSSR count).